The highest BCUT2D eigenvalue weighted by Gasteiger charge is 2.06. The minimum absolute atomic E-state index is 0.330. The Morgan fingerprint density at radius 1 is 1.28 bits per heavy atom. The van der Waals surface area contributed by atoms with Gasteiger partial charge in [-0.05, 0) is 24.3 Å². The SMILES string of the molecule is O=C(Nc1ccc(Cl)cc1)Nc1nc(CCl)cs1. The second-order valence-corrected chi connectivity index (χ2v) is 4.93. The third-order valence-corrected chi connectivity index (χ3v) is 3.34. The van der Waals surface area contributed by atoms with Crippen molar-refractivity contribution in [2.45, 2.75) is 5.88 Å². The molecule has 4 nitrogen and oxygen atoms in total. The summed E-state index contributed by atoms with van der Waals surface area (Å²) >= 11 is 12.7. The Hall–Kier alpha value is -1.30. The van der Waals surface area contributed by atoms with Crippen LogP contribution in [0.5, 0.6) is 0 Å². The average Bonchev–Trinajstić information content (AvgIpc) is 2.79. The van der Waals surface area contributed by atoms with Gasteiger partial charge in [0.15, 0.2) is 5.13 Å². The van der Waals surface area contributed by atoms with E-state index < -0.39 is 0 Å². The first kappa shape index (κ1) is 13.1. The van der Waals surface area contributed by atoms with Crippen LogP contribution in [0, 0.1) is 0 Å². The molecule has 0 saturated heterocycles. The zero-order valence-electron chi connectivity index (χ0n) is 9.11. The van der Waals surface area contributed by atoms with Gasteiger partial charge in [0.1, 0.15) is 0 Å². The Kier molecular flexibility index (Phi) is 4.41. The molecule has 2 amide bonds. The Morgan fingerprint density at radius 2 is 2.00 bits per heavy atom. The summed E-state index contributed by atoms with van der Waals surface area (Å²) in [6.07, 6.45) is 0. The van der Waals surface area contributed by atoms with Gasteiger partial charge < -0.3 is 5.32 Å². The maximum absolute atomic E-state index is 11.6. The molecule has 1 heterocycles. The number of amides is 2. The Balaban J connectivity index is 1.94. The number of nitrogens with one attached hydrogen (secondary N) is 2. The number of thiazole rings is 1. The van der Waals surface area contributed by atoms with Crippen molar-refractivity contribution in [3.63, 3.8) is 0 Å². The van der Waals surface area contributed by atoms with Crippen molar-refractivity contribution >= 4 is 51.4 Å². The molecular weight excluding hydrogens is 293 g/mol. The van der Waals surface area contributed by atoms with E-state index in [2.05, 4.69) is 15.6 Å². The van der Waals surface area contributed by atoms with Gasteiger partial charge in [-0.1, -0.05) is 11.6 Å². The summed E-state index contributed by atoms with van der Waals surface area (Å²) < 4.78 is 0. The largest absolute Gasteiger partial charge is 0.325 e. The number of hydrogen-bond donors (Lipinski definition) is 2. The van der Waals surface area contributed by atoms with Gasteiger partial charge in [-0.15, -0.1) is 22.9 Å². The number of benzene rings is 1. The fourth-order valence-electron chi connectivity index (χ4n) is 1.22. The van der Waals surface area contributed by atoms with Gasteiger partial charge in [0.25, 0.3) is 0 Å². The highest BCUT2D eigenvalue weighted by molar-refractivity contribution is 7.14. The summed E-state index contributed by atoms with van der Waals surface area (Å²) in [6.45, 7) is 0. The molecule has 18 heavy (non-hydrogen) atoms. The maximum Gasteiger partial charge on any atom is 0.325 e. The third-order valence-electron chi connectivity index (χ3n) is 2.01. The second kappa shape index (κ2) is 6.04. The first-order chi connectivity index (χ1) is 8.67. The first-order valence-electron chi connectivity index (χ1n) is 5.01. The molecule has 0 spiro atoms. The highest BCUT2D eigenvalue weighted by atomic mass is 35.5. The molecule has 0 aliphatic heterocycles. The first-order valence-corrected chi connectivity index (χ1v) is 6.80. The number of urea groups is 1. The van der Waals surface area contributed by atoms with Crippen LogP contribution in [0.1, 0.15) is 5.69 Å². The van der Waals surface area contributed by atoms with Gasteiger partial charge in [-0.3, -0.25) is 5.32 Å². The Bertz CT molecular complexity index is 541. The zero-order valence-corrected chi connectivity index (χ0v) is 11.4. The Morgan fingerprint density at radius 3 is 2.61 bits per heavy atom. The van der Waals surface area contributed by atoms with E-state index in [0.29, 0.717) is 21.7 Å². The van der Waals surface area contributed by atoms with Crippen LogP contribution >= 0.6 is 34.5 Å². The van der Waals surface area contributed by atoms with Crippen molar-refractivity contribution in [3.05, 3.63) is 40.4 Å². The van der Waals surface area contributed by atoms with Crippen LogP contribution in [-0.2, 0) is 5.88 Å². The molecule has 2 N–H and O–H groups in total. The van der Waals surface area contributed by atoms with Gasteiger partial charge in [-0.25, -0.2) is 9.78 Å². The lowest BCUT2D eigenvalue weighted by Crippen LogP contribution is -2.19. The number of halogens is 2. The fraction of sp³-hybridized carbons (Fsp3) is 0.0909. The lowest BCUT2D eigenvalue weighted by Gasteiger charge is -2.05. The van der Waals surface area contributed by atoms with E-state index in [0.717, 1.165) is 5.69 Å². The molecule has 2 aromatic rings. The normalized spacial score (nSPS) is 10.1. The van der Waals surface area contributed by atoms with Crippen molar-refractivity contribution in [1.29, 1.82) is 0 Å². The molecule has 7 heteroatoms. The number of anilines is 2. The predicted octanol–water partition coefficient (Wildman–Crippen LogP) is 4.18. The number of rotatable bonds is 3. The standard InChI is InChI=1S/C11H9Cl2N3OS/c12-5-9-6-18-11(15-9)16-10(17)14-8-3-1-7(13)2-4-8/h1-4,6H,5H2,(H2,14,15,16,17). The molecule has 0 bridgehead atoms. The summed E-state index contributed by atoms with van der Waals surface area (Å²) in [5.41, 5.74) is 1.40. The van der Waals surface area contributed by atoms with Crippen molar-refractivity contribution in [1.82, 2.24) is 4.98 Å². The van der Waals surface area contributed by atoms with Crippen LogP contribution in [0.3, 0.4) is 0 Å². The van der Waals surface area contributed by atoms with Crippen LogP contribution in [0.25, 0.3) is 0 Å². The van der Waals surface area contributed by atoms with Crippen molar-refractivity contribution in [3.8, 4) is 0 Å². The van der Waals surface area contributed by atoms with E-state index in [4.69, 9.17) is 23.2 Å². The molecule has 94 valence electrons. The van der Waals surface area contributed by atoms with Gasteiger partial charge >= 0.3 is 6.03 Å². The van der Waals surface area contributed by atoms with Gasteiger partial charge in [0.05, 0.1) is 11.6 Å². The molecule has 0 unspecified atom stereocenters. The molecule has 1 aromatic heterocycles. The van der Waals surface area contributed by atoms with E-state index in [1.165, 1.54) is 11.3 Å². The molecule has 0 atom stereocenters. The number of carbonyl (C=O) groups excluding carboxylic acids is 1. The molecule has 0 fully saturated rings. The number of carbonyl (C=O) groups is 1. The molecule has 0 radical (unpaired) electrons. The summed E-state index contributed by atoms with van der Waals surface area (Å²) in [4.78, 5) is 15.8. The van der Waals surface area contributed by atoms with Crippen LogP contribution < -0.4 is 10.6 Å². The highest BCUT2D eigenvalue weighted by Crippen LogP contribution is 2.17. The van der Waals surface area contributed by atoms with Crippen molar-refractivity contribution in [2.24, 2.45) is 0 Å². The zero-order chi connectivity index (χ0) is 13.0. The number of hydrogen-bond acceptors (Lipinski definition) is 3. The molecule has 1 aromatic carbocycles. The van der Waals surface area contributed by atoms with Crippen LogP contribution in [0.4, 0.5) is 15.6 Å². The van der Waals surface area contributed by atoms with Gasteiger partial charge in [-0.2, -0.15) is 0 Å². The third kappa shape index (κ3) is 3.60. The molecule has 0 aliphatic carbocycles. The lowest BCUT2D eigenvalue weighted by molar-refractivity contribution is 0.262. The van der Waals surface area contributed by atoms with Gasteiger partial charge in [0.2, 0.25) is 0 Å². The quantitative estimate of drug-likeness (QED) is 0.836. The Labute approximate surface area is 118 Å². The smallest absolute Gasteiger partial charge is 0.308 e. The average molecular weight is 302 g/mol. The fourth-order valence-corrected chi connectivity index (χ4v) is 2.28. The van der Waals surface area contributed by atoms with Crippen LogP contribution in [-0.4, -0.2) is 11.0 Å². The summed E-state index contributed by atoms with van der Waals surface area (Å²) in [6, 6.07) is 6.48. The van der Waals surface area contributed by atoms with E-state index in [-0.39, 0.29) is 6.03 Å². The minimum atomic E-state index is -0.354. The molecule has 2 rings (SSSR count). The molecule has 0 aliphatic rings. The van der Waals surface area contributed by atoms with Crippen LogP contribution in [0.2, 0.25) is 5.02 Å². The topological polar surface area (TPSA) is 54.0 Å². The van der Waals surface area contributed by atoms with Crippen molar-refractivity contribution < 1.29 is 4.79 Å². The van der Waals surface area contributed by atoms with E-state index in [1.807, 2.05) is 0 Å². The second-order valence-electron chi connectivity index (χ2n) is 3.36. The minimum Gasteiger partial charge on any atom is -0.308 e. The number of nitrogens with zero attached hydrogens (tertiary/aromatic N) is 1. The van der Waals surface area contributed by atoms with Crippen LogP contribution in [0.15, 0.2) is 29.6 Å². The maximum atomic E-state index is 11.6. The molecular formula is C11H9Cl2N3OS. The van der Waals surface area contributed by atoms with Crippen molar-refractivity contribution in [2.75, 3.05) is 10.6 Å². The van der Waals surface area contributed by atoms with Gasteiger partial charge in [0, 0.05) is 16.1 Å². The predicted molar refractivity (Wildman–Crippen MR) is 75.8 cm³/mol. The van der Waals surface area contributed by atoms with E-state index in [1.54, 1.807) is 29.6 Å². The summed E-state index contributed by atoms with van der Waals surface area (Å²) in [5, 5.41) is 8.22. The van der Waals surface area contributed by atoms with E-state index in [9.17, 15) is 4.79 Å². The monoisotopic (exact) mass is 301 g/mol. The molecule has 0 saturated carbocycles. The van der Waals surface area contributed by atoms with E-state index >= 15 is 0 Å². The summed E-state index contributed by atoms with van der Waals surface area (Å²) in [7, 11) is 0. The summed E-state index contributed by atoms with van der Waals surface area (Å²) in [5.74, 6) is 0.330. The number of aromatic nitrogens is 1. The lowest BCUT2D eigenvalue weighted by atomic mass is 10.3. The number of alkyl halides is 1.